The molecule has 0 spiro atoms. The highest BCUT2D eigenvalue weighted by Crippen LogP contribution is 2.21. The van der Waals surface area contributed by atoms with Gasteiger partial charge in [0, 0.05) is 23.0 Å². The number of rotatable bonds is 1. The van der Waals surface area contributed by atoms with Crippen LogP contribution in [0, 0.1) is 0 Å². The monoisotopic (exact) mass is 257 g/mol. The van der Waals surface area contributed by atoms with E-state index < -0.39 is 0 Å². The fourth-order valence-corrected chi connectivity index (χ4v) is 2.18. The van der Waals surface area contributed by atoms with Crippen molar-refractivity contribution in [3.05, 3.63) is 65.7 Å². The third-order valence-corrected chi connectivity index (χ3v) is 3.01. The summed E-state index contributed by atoms with van der Waals surface area (Å²) in [5.41, 5.74) is 3.26. The summed E-state index contributed by atoms with van der Waals surface area (Å²) in [5, 5.41) is 7.61. The number of para-hydroxylation sites is 1. The average molecular weight is 258 g/mol. The SMILES string of the molecule is ClN1Cc2ccccc2C(Nc2ccccc2)=N1. The highest BCUT2D eigenvalue weighted by molar-refractivity contribution is 6.16. The number of hydrogen-bond donors (Lipinski definition) is 1. The van der Waals surface area contributed by atoms with Gasteiger partial charge in [0.1, 0.15) is 0 Å². The van der Waals surface area contributed by atoms with Gasteiger partial charge in [0.2, 0.25) is 0 Å². The zero-order valence-corrected chi connectivity index (χ0v) is 10.4. The second kappa shape index (κ2) is 4.70. The van der Waals surface area contributed by atoms with Crippen LogP contribution in [0.1, 0.15) is 11.1 Å². The van der Waals surface area contributed by atoms with Gasteiger partial charge in [-0.1, -0.05) is 42.5 Å². The molecule has 3 rings (SSSR count). The minimum Gasteiger partial charge on any atom is -0.338 e. The van der Waals surface area contributed by atoms with E-state index in [0.717, 1.165) is 17.1 Å². The Bertz CT molecular complexity index is 581. The van der Waals surface area contributed by atoms with Gasteiger partial charge in [0.15, 0.2) is 5.84 Å². The summed E-state index contributed by atoms with van der Waals surface area (Å²) in [6.07, 6.45) is 0. The second-order valence-electron chi connectivity index (χ2n) is 4.09. The van der Waals surface area contributed by atoms with Crippen LogP contribution in [0.5, 0.6) is 0 Å². The molecular formula is C14H12ClN3. The number of anilines is 1. The lowest BCUT2D eigenvalue weighted by Gasteiger charge is -2.22. The number of nitrogens with zero attached hydrogens (tertiary/aromatic N) is 2. The number of fused-ring (bicyclic) bond motifs is 1. The lowest BCUT2D eigenvalue weighted by Crippen LogP contribution is -2.24. The van der Waals surface area contributed by atoms with E-state index in [1.807, 2.05) is 48.5 Å². The van der Waals surface area contributed by atoms with Crippen LogP contribution in [-0.4, -0.2) is 10.4 Å². The van der Waals surface area contributed by atoms with Crippen LogP contribution in [0.3, 0.4) is 0 Å². The lowest BCUT2D eigenvalue weighted by atomic mass is 10.1. The molecule has 0 fully saturated rings. The molecule has 1 heterocycles. The van der Waals surface area contributed by atoms with Crippen LogP contribution in [0.2, 0.25) is 0 Å². The first-order valence-corrected chi connectivity index (χ1v) is 6.09. The normalized spacial score (nSPS) is 13.8. The van der Waals surface area contributed by atoms with Crippen molar-refractivity contribution < 1.29 is 0 Å². The van der Waals surface area contributed by atoms with Crippen LogP contribution in [0.4, 0.5) is 5.69 Å². The van der Waals surface area contributed by atoms with Gasteiger partial charge in [0.05, 0.1) is 6.54 Å². The number of nitrogens with one attached hydrogen (secondary N) is 1. The summed E-state index contributed by atoms with van der Waals surface area (Å²) in [4.78, 5) is 0. The smallest absolute Gasteiger partial charge is 0.159 e. The largest absolute Gasteiger partial charge is 0.338 e. The highest BCUT2D eigenvalue weighted by Gasteiger charge is 2.17. The molecule has 2 aromatic rings. The highest BCUT2D eigenvalue weighted by atomic mass is 35.5. The van der Waals surface area contributed by atoms with Gasteiger partial charge in [-0.15, -0.1) is 5.10 Å². The number of hydrogen-bond acceptors (Lipinski definition) is 3. The molecule has 1 aliphatic rings. The van der Waals surface area contributed by atoms with Crippen molar-refractivity contribution in [2.75, 3.05) is 5.32 Å². The van der Waals surface area contributed by atoms with Crippen molar-refractivity contribution in [1.29, 1.82) is 0 Å². The van der Waals surface area contributed by atoms with Crippen molar-refractivity contribution in [3.63, 3.8) is 0 Å². The molecule has 4 heteroatoms. The third-order valence-electron chi connectivity index (χ3n) is 2.82. The molecule has 0 aromatic heterocycles. The molecule has 0 amide bonds. The first-order chi connectivity index (χ1) is 8.83. The maximum absolute atomic E-state index is 6.01. The molecule has 0 aliphatic carbocycles. The Morgan fingerprint density at radius 3 is 2.56 bits per heavy atom. The predicted molar refractivity (Wildman–Crippen MR) is 74.4 cm³/mol. The van der Waals surface area contributed by atoms with Gasteiger partial charge in [0.25, 0.3) is 0 Å². The molecular weight excluding hydrogens is 246 g/mol. The van der Waals surface area contributed by atoms with Crippen molar-refractivity contribution >= 4 is 23.3 Å². The summed E-state index contributed by atoms with van der Waals surface area (Å²) in [6, 6.07) is 18.1. The van der Waals surface area contributed by atoms with Gasteiger partial charge in [-0.2, -0.15) is 4.53 Å². The standard InChI is InChI=1S/C14H12ClN3/c15-18-10-11-6-4-5-9-13(11)14(17-18)16-12-7-2-1-3-8-12/h1-9H,10H2,(H,16,17). The Labute approximate surface area is 111 Å². The van der Waals surface area contributed by atoms with Crippen LogP contribution in [0.25, 0.3) is 0 Å². The average Bonchev–Trinajstić information content (AvgIpc) is 2.40. The van der Waals surface area contributed by atoms with E-state index >= 15 is 0 Å². The van der Waals surface area contributed by atoms with Crippen molar-refractivity contribution in [1.82, 2.24) is 4.53 Å². The maximum atomic E-state index is 6.01. The molecule has 0 saturated carbocycles. The zero-order chi connectivity index (χ0) is 12.4. The minimum absolute atomic E-state index is 0.623. The van der Waals surface area contributed by atoms with E-state index in [2.05, 4.69) is 16.5 Å². The number of hydrazone groups is 1. The number of halogens is 1. The third kappa shape index (κ3) is 2.17. The van der Waals surface area contributed by atoms with Crippen molar-refractivity contribution in [2.24, 2.45) is 5.10 Å². The fourth-order valence-electron chi connectivity index (χ4n) is 1.98. The van der Waals surface area contributed by atoms with E-state index in [1.54, 1.807) is 0 Å². The van der Waals surface area contributed by atoms with Crippen LogP contribution >= 0.6 is 11.8 Å². The first kappa shape index (κ1) is 11.1. The Hall–Kier alpha value is -2.00. The molecule has 1 N–H and O–H groups in total. The van der Waals surface area contributed by atoms with Crippen LogP contribution < -0.4 is 5.32 Å². The summed E-state index contributed by atoms with van der Waals surface area (Å²) in [5.74, 6) is 0.776. The molecule has 0 saturated heterocycles. The van der Waals surface area contributed by atoms with E-state index in [4.69, 9.17) is 11.8 Å². The van der Waals surface area contributed by atoms with Crippen molar-refractivity contribution in [2.45, 2.75) is 6.54 Å². The Morgan fingerprint density at radius 1 is 1.00 bits per heavy atom. The minimum atomic E-state index is 0.623. The van der Waals surface area contributed by atoms with Crippen molar-refractivity contribution in [3.8, 4) is 0 Å². The quantitative estimate of drug-likeness (QED) is 0.793. The summed E-state index contributed by atoms with van der Waals surface area (Å²) >= 11 is 6.01. The summed E-state index contributed by atoms with van der Waals surface area (Å²) < 4.78 is 1.42. The van der Waals surface area contributed by atoms with Gasteiger partial charge in [-0.3, -0.25) is 0 Å². The molecule has 0 unspecified atom stereocenters. The van der Waals surface area contributed by atoms with Gasteiger partial charge in [-0.05, 0) is 17.7 Å². The molecule has 2 aromatic carbocycles. The van der Waals surface area contributed by atoms with Crippen LogP contribution in [-0.2, 0) is 6.54 Å². The van der Waals surface area contributed by atoms with Crippen LogP contribution in [0.15, 0.2) is 59.7 Å². The molecule has 18 heavy (non-hydrogen) atoms. The van der Waals surface area contributed by atoms with E-state index in [0.29, 0.717) is 6.54 Å². The number of amidine groups is 1. The zero-order valence-electron chi connectivity index (χ0n) is 9.68. The van der Waals surface area contributed by atoms with E-state index in [9.17, 15) is 0 Å². The van der Waals surface area contributed by atoms with Gasteiger partial charge in [-0.25, -0.2) is 0 Å². The first-order valence-electron chi connectivity index (χ1n) is 5.75. The van der Waals surface area contributed by atoms with Gasteiger partial charge < -0.3 is 5.32 Å². The summed E-state index contributed by atoms with van der Waals surface area (Å²) in [6.45, 7) is 0.623. The van der Waals surface area contributed by atoms with E-state index in [-0.39, 0.29) is 0 Å². The maximum Gasteiger partial charge on any atom is 0.159 e. The van der Waals surface area contributed by atoms with E-state index in [1.165, 1.54) is 10.1 Å². The molecule has 0 bridgehead atoms. The lowest BCUT2D eigenvalue weighted by molar-refractivity contribution is 0.472. The molecule has 90 valence electrons. The summed E-state index contributed by atoms with van der Waals surface area (Å²) in [7, 11) is 0. The molecule has 0 radical (unpaired) electrons. The Balaban J connectivity index is 1.96. The number of benzene rings is 2. The molecule has 3 nitrogen and oxygen atoms in total. The van der Waals surface area contributed by atoms with Gasteiger partial charge >= 0.3 is 0 Å². The Kier molecular flexibility index (Phi) is 2.90. The Morgan fingerprint density at radius 2 is 1.72 bits per heavy atom. The second-order valence-corrected chi connectivity index (χ2v) is 4.48. The molecule has 0 atom stereocenters. The molecule has 1 aliphatic heterocycles. The predicted octanol–water partition coefficient (Wildman–Crippen LogP) is 3.43. The fraction of sp³-hybridized carbons (Fsp3) is 0.0714. The topological polar surface area (TPSA) is 27.6 Å².